The van der Waals surface area contributed by atoms with Crippen molar-refractivity contribution in [2.75, 3.05) is 18.5 Å². The molecule has 2 aliphatic heterocycles. The number of nitrogens with one attached hydrogen (secondary N) is 2. The molecule has 3 rings (SSSR count). The Labute approximate surface area is 99.3 Å². The summed E-state index contributed by atoms with van der Waals surface area (Å²) >= 11 is 0. The third-order valence-electron chi connectivity index (χ3n) is 3.53. The Morgan fingerprint density at radius 3 is 2.82 bits per heavy atom. The zero-order valence-corrected chi connectivity index (χ0v) is 9.45. The van der Waals surface area contributed by atoms with Crippen LogP contribution in [0.15, 0.2) is 18.2 Å². The second-order valence-electron chi connectivity index (χ2n) is 4.64. The molecule has 1 saturated heterocycles. The van der Waals surface area contributed by atoms with E-state index in [1.54, 1.807) is 0 Å². The Balaban J connectivity index is 1.96. The zero-order chi connectivity index (χ0) is 11.9. The van der Waals surface area contributed by atoms with Gasteiger partial charge >= 0.3 is 0 Å². The van der Waals surface area contributed by atoms with Gasteiger partial charge in [0.1, 0.15) is 5.54 Å². The van der Waals surface area contributed by atoms with Crippen LogP contribution in [-0.4, -0.2) is 19.1 Å². The van der Waals surface area contributed by atoms with E-state index < -0.39 is 0 Å². The van der Waals surface area contributed by atoms with Gasteiger partial charge in [0.25, 0.3) is 0 Å². The van der Waals surface area contributed by atoms with Gasteiger partial charge in [-0.05, 0) is 23.6 Å². The van der Waals surface area contributed by atoms with Crippen LogP contribution in [0.25, 0.3) is 0 Å². The highest BCUT2D eigenvalue weighted by Crippen LogP contribution is 2.32. The second kappa shape index (κ2) is 3.80. The minimum atomic E-state index is -0.253. The molecule has 4 N–H and O–H groups in total. The van der Waals surface area contributed by atoms with E-state index in [-0.39, 0.29) is 11.4 Å². The van der Waals surface area contributed by atoms with Gasteiger partial charge in [-0.3, -0.25) is 10.6 Å². The predicted octanol–water partition coefficient (Wildman–Crippen LogP) is 0.260. The monoisotopic (exact) mass is 233 g/mol. The quantitative estimate of drug-likeness (QED) is 0.506. The van der Waals surface area contributed by atoms with Gasteiger partial charge in [-0.25, -0.2) is 5.43 Å². The lowest BCUT2D eigenvalue weighted by Gasteiger charge is -2.41. The number of amides is 1. The predicted molar refractivity (Wildman–Crippen MR) is 63.2 cm³/mol. The van der Waals surface area contributed by atoms with Crippen molar-refractivity contribution in [2.45, 2.75) is 18.4 Å². The van der Waals surface area contributed by atoms with Gasteiger partial charge in [-0.2, -0.15) is 0 Å². The number of anilines is 1. The molecule has 1 amide bonds. The standard InChI is InChI=1S/C12H15N3O2/c13-15-12(6-17-7-12)9-2-3-10-8(5-9)1-4-11(16)14-10/h2-3,5,15H,1,4,6-7,13H2,(H,14,16). The number of aryl methyl sites for hydroxylation is 1. The van der Waals surface area contributed by atoms with Crippen LogP contribution in [0.5, 0.6) is 0 Å². The molecule has 1 aromatic carbocycles. The number of ether oxygens (including phenoxy) is 1. The zero-order valence-electron chi connectivity index (χ0n) is 9.45. The molecule has 0 aliphatic carbocycles. The van der Waals surface area contributed by atoms with E-state index in [9.17, 15) is 4.79 Å². The fourth-order valence-corrected chi connectivity index (χ4v) is 2.32. The first-order valence-corrected chi connectivity index (χ1v) is 5.72. The first-order chi connectivity index (χ1) is 8.23. The lowest BCUT2D eigenvalue weighted by molar-refractivity contribution is -0.116. The number of fused-ring (bicyclic) bond motifs is 1. The molecule has 17 heavy (non-hydrogen) atoms. The van der Waals surface area contributed by atoms with Crippen LogP contribution in [0.3, 0.4) is 0 Å². The highest BCUT2D eigenvalue weighted by molar-refractivity contribution is 5.93. The molecule has 2 aliphatic rings. The molecule has 2 heterocycles. The van der Waals surface area contributed by atoms with Crippen LogP contribution in [0, 0.1) is 0 Å². The van der Waals surface area contributed by atoms with E-state index in [1.165, 1.54) is 5.56 Å². The largest absolute Gasteiger partial charge is 0.377 e. The number of hydrogen-bond acceptors (Lipinski definition) is 4. The minimum absolute atomic E-state index is 0.0869. The molecule has 1 aromatic rings. The van der Waals surface area contributed by atoms with Crippen molar-refractivity contribution >= 4 is 11.6 Å². The van der Waals surface area contributed by atoms with Crippen molar-refractivity contribution < 1.29 is 9.53 Å². The first-order valence-electron chi connectivity index (χ1n) is 5.72. The highest BCUT2D eigenvalue weighted by atomic mass is 16.5. The topological polar surface area (TPSA) is 76.4 Å². The molecule has 0 atom stereocenters. The van der Waals surface area contributed by atoms with Crippen molar-refractivity contribution in [3.63, 3.8) is 0 Å². The maximum Gasteiger partial charge on any atom is 0.224 e. The summed E-state index contributed by atoms with van der Waals surface area (Å²) in [5.41, 5.74) is 5.79. The number of hydrazine groups is 1. The van der Waals surface area contributed by atoms with E-state index >= 15 is 0 Å². The Morgan fingerprint density at radius 1 is 1.35 bits per heavy atom. The molecule has 5 heteroatoms. The van der Waals surface area contributed by atoms with Crippen LogP contribution in [0.2, 0.25) is 0 Å². The third kappa shape index (κ3) is 1.63. The number of hydrogen-bond donors (Lipinski definition) is 3. The normalized spacial score (nSPS) is 21.4. The number of benzene rings is 1. The maximum atomic E-state index is 11.3. The van der Waals surface area contributed by atoms with Crippen LogP contribution < -0.4 is 16.6 Å². The summed E-state index contributed by atoms with van der Waals surface area (Å²) in [7, 11) is 0. The van der Waals surface area contributed by atoms with Gasteiger partial charge in [-0.1, -0.05) is 12.1 Å². The maximum absolute atomic E-state index is 11.3. The number of nitrogens with two attached hydrogens (primary N) is 1. The number of carbonyl (C=O) groups excluding carboxylic acids is 1. The molecule has 0 saturated carbocycles. The van der Waals surface area contributed by atoms with Gasteiger partial charge in [0.15, 0.2) is 0 Å². The summed E-state index contributed by atoms with van der Waals surface area (Å²) in [6.45, 7) is 1.18. The third-order valence-corrected chi connectivity index (χ3v) is 3.53. The Hall–Kier alpha value is -1.43. The summed E-state index contributed by atoms with van der Waals surface area (Å²) in [5.74, 6) is 5.69. The highest BCUT2D eigenvalue weighted by Gasteiger charge is 2.39. The van der Waals surface area contributed by atoms with Gasteiger partial charge in [0.05, 0.1) is 13.2 Å². The van der Waals surface area contributed by atoms with Crippen molar-refractivity contribution in [1.82, 2.24) is 5.43 Å². The van der Waals surface area contributed by atoms with Crippen LogP contribution in [-0.2, 0) is 21.5 Å². The van der Waals surface area contributed by atoms with E-state index in [0.717, 1.165) is 17.7 Å². The lowest BCUT2D eigenvalue weighted by Crippen LogP contribution is -2.60. The van der Waals surface area contributed by atoms with Crippen LogP contribution >= 0.6 is 0 Å². The van der Waals surface area contributed by atoms with Crippen molar-refractivity contribution in [2.24, 2.45) is 5.84 Å². The van der Waals surface area contributed by atoms with Gasteiger partial charge in [-0.15, -0.1) is 0 Å². The average Bonchev–Trinajstić information content (AvgIpc) is 2.28. The fourth-order valence-electron chi connectivity index (χ4n) is 2.32. The Kier molecular flexibility index (Phi) is 2.39. The molecule has 0 bridgehead atoms. The van der Waals surface area contributed by atoms with Crippen LogP contribution in [0.4, 0.5) is 5.69 Å². The Bertz CT molecular complexity index is 463. The number of rotatable bonds is 2. The second-order valence-corrected chi connectivity index (χ2v) is 4.64. The minimum Gasteiger partial charge on any atom is -0.377 e. The molecule has 90 valence electrons. The summed E-state index contributed by atoms with van der Waals surface area (Å²) in [6, 6.07) is 6.04. The number of carbonyl (C=O) groups is 1. The van der Waals surface area contributed by atoms with E-state index in [2.05, 4.69) is 16.8 Å². The van der Waals surface area contributed by atoms with Gasteiger partial charge in [0, 0.05) is 12.1 Å². The molecule has 0 aromatic heterocycles. The SMILES string of the molecule is NNC1(c2ccc3c(c2)CCC(=O)N3)COC1. The lowest BCUT2D eigenvalue weighted by atomic mass is 9.86. The summed E-state index contributed by atoms with van der Waals surface area (Å²) in [6.07, 6.45) is 1.34. The molecule has 0 unspecified atom stereocenters. The molecule has 5 nitrogen and oxygen atoms in total. The summed E-state index contributed by atoms with van der Waals surface area (Å²) < 4.78 is 5.23. The first kappa shape index (κ1) is 10.7. The van der Waals surface area contributed by atoms with E-state index in [0.29, 0.717) is 19.6 Å². The average molecular weight is 233 g/mol. The Morgan fingerprint density at radius 2 is 2.18 bits per heavy atom. The van der Waals surface area contributed by atoms with Gasteiger partial charge < -0.3 is 10.1 Å². The molecular weight excluding hydrogens is 218 g/mol. The smallest absolute Gasteiger partial charge is 0.224 e. The van der Waals surface area contributed by atoms with Crippen molar-refractivity contribution in [3.05, 3.63) is 29.3 Å². The molecule has 0 radical (unpaired) electrons. The fraction of sp³-hybridized carbons (Fsp3) is 0.417. The van der Waals surface area contributed by atoms with E-state index in [4.69, 9.17) is 10.6 Å². The molecular formula is C12H15N3O2. The van der Waals surface area contributed by atoms with Crippen LogP contribution in [0.1, 0.15) is 17.5 Å². The molecule has 1 fully saturated rings. The van der Waals surface area contributed by atoms with Gasteiger partial charge in [0.2, 0.25) is 5.91 Å². The summed E-state index contributed by atoms with van der Waals surface area (Å²) in [5, 5.41) is 2.87. The molecule has 0 spiro atoms. The summed E-state index contributed by atoms with van der Waals surface area (Å²) in [4.78, 5) is 11.3. The van der Waals surface area contributed by atoms with Crippen molar-refractivity contribution in [3.8, 4) is 0 Å². The van der Waals surface area contributed by atoms with Crippen molar-refractivity contribution in [1.29, 1.82) is 0 Å². The van der Waals surface area contributed by atoms with E-state index in [1.807, 2.05) is 12.1 Å².